The van der Waals surface area contributed by atoms with Crippen molar-refractivity contribution in [3.8, 4) is 0 Å². The normalized spacial score (nSPS) is 26.0. The molecule has 1 aliphatic heterocycles. The van der Waals surface area contributed by atoms with Crippen molar-refractivity contribution < 1.29 is 8.42 Å². The fourth-order valence-electron chi connectivity index (χ4n) is 1.55. The van der Waals surface area contributed by atoms with E-state index in [2.05, 4.69) is 11.9 Å². The van der Waals surface area contributed by atoms with Crippen molar-refractivity contribution in [2.45, 2.75) is 24.5 Å². The van der Waals surface area contributed by atoms with E-state index < -0.39 is 9.84 Å². The first-order valence-electron chi connectivity index (χ1n) is 4.70. The van der Waals surface area contributed by atoms with Gasteiger partial charge in [0.05, 0.1) is 11.0 Å². The standard InChI is InChI=1S/C9H17NO2S/c1-2-3-6-10-8-9-5-4-7-13(9,11)12/h2,9-10H,1,3-8H2. The van der Waals surface area contributed by atoms with E-state index in [4.69, 9.17) is 0 Å². The van der Waals surface area contributed by atoms with Gasteiger partial charge in [0, 0.05) is 6.54 Å². The maximum atomic E-state index is 11.4. The number of nitrogens with one attached hydrogen (secondary N) is 1. The van der Waals surface area contributed by atoms with Crippen molar-refractivity contribution in [1.82, 2.24) is 5.32 Å². The van der Waals surface area contributed by atoms with Gasteiger partial charge in [-0.05, 0) is 25.8 Å². The summed E-state index contributed by atoms with van der Waals surface area (Å²) in [5.74, 6) is 0.376. The average molecular weight is 203 g/mol. The minimum atomic E-state index is -2.76. The summed E-state index contributed by atoms with van der Waals surface area (Å²) in [7, 11) is -2.76. The summed E-state index contributed by atoms with van der Waals surface area (Å²) in [4.78, 5) is 0. The van der Waals surface area contributed by atoms with Gasteiger partial charge in [-0.25, -0.2) is 8.42 Å². The van der Waals surface area contributed by atoms with Crippen LogP contribution in [0.5, 0.6) is 0 Å². The van der Waals surface area contributed by atoms with Gasteiger partial charge in [-0.15, -0.1) is 6.58 Å². The summed E-state index contributed by atoms with van der Waals surface area (Å²) in [6.07, 6.45) is 4.38. The second kappa shape index (κ2) is 4.77. The minimum Gasteiger partial charge on any atom is -0.315 e. The smallest absolute Gasteiger partial charge is 0.154 e. The van der Waals surface area contributed by atoms with Gasteiger partial charge in [-0.1, -0.05) is 6.08 Å². The first kappa shape index (κ1) is 10.7. The Morgan fingerprint density at radius 2 is 2.31 bits per heavy atom. The lowest BCUT2D eigenvalue weighted by Gasteiger charge is -2.09. The zero-order chi connectivity index (χ0) is 9.73. The minimum absolute atomic E-state index is 0.141. The summed E-state index contributed by atoms with van der Waals surface area (Å²) < 4.78 is 22.7. The third kappa shape index (κ3) is 3.12. The first-order chi connectivity index (χ1) is 6.17. The Hall–Kier alpha value is -0.350. The van der Waals surface area contributed by atoms with Crippen LogP contribution in [0.4, 0.5) is 0 Å². The largest absolute Gasteiger partial charge is 0.315 e. The van der Waals surface area contributed by atoms with Crippen LogP contribution in [0.3, 0.4) is 0 Å². The van der Waals surface area contributed by atoms with Gasteiger partial charge >= 0.3 is 0 Å². The Bertz CT molecular complexity index is 259. The SMILES string of the molecule is C=CCCNCC1CCCS1(=O)=O. The molecule has 0 amide bonds. The van der Waals surface area contributed by atoms with Gasteiger partial charge in [0.25, 0.3) is 0 Å². The lowest BCUT2D eigenvalue weighted by Crippen LogP contribution is -2.30. The van der Waals surface area contributed by atoms with E-state index in [-0.39, 0.29) is 5.25 Å². The van der Waals surface area contributed by atoms with Crippen LogP contribution >= 0.6 is 0 Å². The van der Waals surface area contributed by atoms with E-state index in [0.717, 1.165) is 25.8 Å². The summed E-state index contributed by atoms with van der Waals surface area (Å²) in [6.45, 7) is 5.04. The molecule has 1 saturated heterocycles. The van der Waals surface area contributed by atoms with Crippen molar-refractivity contribution in [3.63, 3.8) is 0 Å². The van der Waals surface area contributed by atoms with E-state index in [1.165, 1.54) is 0 Å². The van der Waals surface area contributed by atoms with Gasteiger partial charge in [0.15, 0.2) is 9.84 Å². The highest BCUT2D eigenvalue weighted by Gasteiger charge is 2.30. The lowest BCUT2D eigenvalue weighted by atomic mass is 10.2. The Kier molecular flexibility index (Phi) is 3.93. The van der Waals surface area contributed by atoms with Crippen LogP contribution in [0.2, 0.25) is 0 Å². The molecule has 1 fully saturated rings. The highest BCUT2D eigenvalue weighted by atomic mass is 32.2. The Balaban J connectivity index is 2.25. The molecule has 0 radical (unpaired) electrons. The molecule has 0 aromatic heterocycles. The van der Waals surface area contributed by atoms with Crippen LogP contribution < -0.4 is 5.32 Å². The van der Waals surface area contributed by atoms with Crippen molar-refractivity contribution in [3.05, 3.63) is 12.7 Å². The van der Waals surface area contributed by atoms with Crippen molar-refractivity contribution >= 4 is 9.84 Å². The monoisotopic (exact) mass is 203 g/mol. The second-order valence-corrected chi connectivity index (χ2v) is 5.81. The van der Waals surface area contributed by atoms with Crippen LogP contribution in [0.15, 0.2) is 12.7 Å². The van der Waals surface area contributed by atoms with Crippen LogP contribution in [0.25, 0.3) is 0 Å². The van der Waals surface area contributed by atoms with Gasteiger partial charge in [-0.2, -0.15) is 0 Å². The maximum absolute atomic E-state index is 11.4. The van der Waals surface area contributed by atoms with Crippen LogP contribution in [0.1, 0.15) is 19.3 Å². The van der Waals surface area contributed by atoms with Crippen LogP contribution in [-0.2, 0) is 9.84 Å². The molecule has 3 nitrogen and oxygen atoms in total. The molecule has 1 unspecified atom stereocenters. The molecule has 1 atom stereocenters. The lowest BCUT2D eigenvalue weighted by molar-refractivity contribution is 0.575. The van der Waals surface area contributed by atoms with Crippen molar-refractivity contribution in [2.75, 3.05) is 18.8 Å². The molecule has 1 N–H and O–H groups in total. The van der Waals surface area contributed by atoms with E-state index in [9.17, 15) is 8.42 Å². The van der Waals surface area contributed by atoms with Crippen molar-refractivity contribution in [2.24, 2.45) is 0 Å². The zero-order valence-electron chi connectivity index (χ0n) is 7.83. The summed E-state index contributed by atoms with van der Waals surface area (Å²) >= 11 is 0. The van der Waals surface area contributed by atoms with Gasteiger partial charge in [0.1, 0.15) is 0 Å². The fourth-order valence-corrected chi connectivity index (χ4v) is 3.35. The zero-order valence-corrected chi connectivity index (χ0v) is 8.65. The summed E-state index contributed by atoms with van der Waals surface area (Å²) in [6, 6.07) is 0. The molecule has 76 valence electrons. The van der Waals surface area contributed by atoms with Gasteiger partial charge in [0.2, 0.25) is 0 Å². The van der Waals surface area contributed by atoms with Crippen molar-refractivity contribution in [1.29, 1.82) is 0 Å². The van der Waals surface area contributed by atoms with Crippen LogP contribution in [0, 0.1) is 0 Å². The van der Waals surface area contributed by atoms with Gasteiger partial charge < -0.3 is 5.32 Å². The predicted molar refractivity (Wildman–Crippen MR) is 54.5 cm³/mol. The van der Waals surface area contributed by atoms with E-state index in [1.54, 1.807) is 0 Å². The van der Waals surface area contributed by atoms with E-state index in [0.29, 0.717) is 12.3 Å². The first-order valence-corrected chi connectivity index (χ1v) is 6.41. The molecule has 0 aromatic carbocycles. The number of hydrogen-bond acceptors (Lipinski definition) is 3. The highest BCUT2D eigenvalue weighted by Crippen LogP contribution is 2.18. The Labute approximate surface area is 80.1 Å². The van der Waals surface area contributed by atoms with Crippen LogP contribution in [-0.4, -0.2) is 32.5 Å². The molecule has 0 spiro atoms. The van der Waals surface area contributed by atoms with E-state index >= 15 is 0 Å². The fraction of sp³-hybridized carbons (Fsp3) is 0.778. The average Bonchev–Trinajstić information content (AvgIpc) is 2.40. The Morgan fingerprint density at radius 1 is 1.54 bits per heavy atom. The predicted octanol–water partition coefficient (Wildman–Crippen LogP) is 0.729. The number of hydrogen-bond donors (Lipinski definition) is 1. The topological polar surface area (TPSA) is 46.2 Å². The molecular formula is C9H17NO2S. The molecular weight excluding hydrogens is 186 g/mol. The molecule has 1 aliphatic rings. The highest BCUT2D eigenvalue weighted by molar-refractivity contribution is 7.92. The molecule has 0 saturated carbocycles. The third-order valence-corrected chi connectivity index (χ3v) is 4.64. The number of sulfone groups is 1. The molecule has 0 aliphatic carbocycles. The molecule has 4 heteroatoms. The summed E-state index contributed by atoms with van der Waals surface area (Å²) in [5, 5.41) is 2.99. The molecule has 0 bridgehead atoms. The van der Waals surface area contributed by atoms with Gasteiger partial charge in [-0.3, -0.25) is 0 Å². The Morgan fingerprint density at radius 3 is 2.85 bits per heavy atom. The number of rotatable bonds is 5. The van der Waals surface area contributed by atoms with E-state index in [1.807, 2.05) is 6.08 Å². The molecule has 0 aromatic rings. The molecule has 1 rings (SSSR count). The maximum Gasteiger partial charge on any atom is 0.154 e. The summed E-state index contributed by atoms with van der Waals surface area (Å²) in [5.41, 5.74) is 0. The third-order valence-electron chi connectivity index (χ3n) is 2.36. The quantitative estimate of drug-likeness (QED) is 0.529. The molecule has 1 heterocycles. The second-order valence-electron chi connectivity index (χ2n) is 3.41. The molecule has 13 heavy (non-hydrogen) atoms.